The van der Waals surface area contributed by atoms with E-state index in [1.807, 2.05) is 0 Å². The van der Waals surface area contributed by atoms with Gasteiger partial charge in [0.05, 0.1) is 5.56 Å². The fourth-order valence-electron chi connectivity index (χ4n) is 1.28. The van der Waals surface area contributed by atoms with Gasteiger partial charge in [-0.25, -0.2) is 4.39 Å². The second-order valence-electron chi connectivity index (χ2n) is 3.21. The predicted octanol–water partition coefficient (Wildman–Crippen LogP) is 2.56. The maximum Gasteiger partial charge on any atom is 0.247 e. The summed E-state index contributed by atoms with van der Waals surface area (Å²) in [5.74, 6) is -0.0365. The highest BCUT2D eigenvalue weighted by Crippen LogP contribution is 2.21. The van der Waals surface area contributed by atoms with Crippen molar-refractivity contribution in [3.05, 3.63) is 35.5 Å². The second-order valence-corrected chi connectivity index (χ2v) is 3.57. The summed E-state index contributed by atoms with van der Waals surface area (Å²) in [6.07, 6.45) is 0. The van der Waals surface area contributed by atoms with E-state index < -0.39 is 5.82 Å². The smallest absolute Gasteiger partial charge is 0.247 e. The third kappa shape index (κ3) is 2.26. The highest BCUT2D eigenvalue weighted by atomic mass is 35.5. The number of nitrogens with zero attached hydrogens (tertiary/aromatic N) is 3. The Morgan fingerprint density at radius 1 is 1.47 bits per heavy atom. The Labute approximate surface area is 101 Å². The molecule has 0 unspecified atom stereocenters. The summed E-state index contributed by atoms with van der Waals surface area (Å²) in [7, 11) is 0. The number of hydrogen-bond donors (Lipinski definition) is 1. The van der Waals surface area contributed by atoms with Gasteiger partial charge in [0.15, 0.2) is 5.17 Å². The topological polar surface area (TPSA) is 71.5 Å². The lowest BCUT2D eigenvalue weighted by Gasteiger charge is -2.00. The Hall–Kier alpha value is -1.95. The standard InChI is InChI=1S/C10H7ClFN3O2/c1-5-13-14-10(17-5)6-2-3-7(8(12)4-6)9(11)15-16/h2-4,16H,1H3/b15-9-. The Kier molecular flexibility index (Phi) is 3.06. The van der Waals surface area contributed by atoms with Gasteiger partial charge in [-0.3, -0.25) is 0 Å². The minimum atomic E-state index is -0.638. The monoisotopic (exact) mass is 255 g/mol. The number of hydrogen-bond acceptors (Lipinski definition) is 5. The summed E-state index contributed by atoms with van der Waals surface area (Å²) in [5, 5.41) is 18.2. The van der Waals surface area contributed by atoms with Crippen LogP contribution < -0.4 is 0 Å². The van der Waals surface area contributed by atoms with Crippen LogP contribution in [0.15, 0.2) is 27.8 Å². The molecule has 0 saturated carbocycles. The molecule has 17 heavy (non-hydrogen) atoms. The lowest BCUT2D eigenvalue weighted by atomic mass is 10.1. The summed E-state index contributed by atoms with van der Waals surface area (Å²) in [5.41, 5.74) is 0.420. The normalized spacial score (nSPS) is 11.8. The molecule has 0 atom stereocenters. The highest BCUT2D eigenvalue weighted by molar-refractivity contribution is 6.69. The minimum absolute atomic E-state index is 0.00541. The molecular formula is C10H7ClFN3O2. The summed E-state index contributed by atoms with van der Waals surface area (Å²) < 4.78 is 18.8. The maximum atomic E-state index is 13.6. The van der Waals surface area contributed by atoms with Crippen molar-refractivity contribution in [2.45, 2.75) is 6.92 Å². The summed E-state index contributed by atoms with van der Waals surface area (Å²) >= 11 is 5.51. The van der Waals surface area contributed by atoms with Crippen LogP contribution in [0.3, 0.4) is 0 Å². The van der Waals surface area contributed by atoms with Crippen LogP contribution in [0.25, 0.3) is 11.5 Å². The van der Waals surface area contributed by atoms with Crippen LogP contribution in [0.5, 0.6) is 0 Å². The zero-order valence-corrected chi connectivity index (χ0v) is 9.44. The molecule has 1 heterocycles. The molecule has 5 nitrogen and oxygen atoms in total. The molecule has 1 aromatic carbocycles. The van der Waals surface area contributed by atoms with Gasteiger partial charge in [0, 0.05) is 12.5 Å². The molecule has 0 aliphatic carbocycles. The van der Waals surface area contributed by atoms with Crippen LogP contribution >= 0.6 is 11.6 Å². The number of benzene rings is 1. The van der Waals surface area contributed by atoms with Gasteiger partial charge >= 0.3 is 0 Å². The van der Waals surface area contributed by atoms with Gasteiger partial charge in [-0.1, -0.05) is 16.8 Å². The van der Waals surface area contributed by atoms with Gasteiger partial charge in [0.1, 0.15) is 5.82 Å². The molecule has 2 aromatic rings. The van der Waals surface area contributed by atoms with Gasteiger partial charge in [0.25, 0.3) is 0 Å². The van der Waals surface area contributed by atoms with E-state index in [-0.39, 0.29) is 16.6 Å². The number of aromatic nitrogens is 2. The van der Waals surface area contributed by atoms with Gasteiger partial charge in [-0.15, -0.1) is 10.2 Å². The lowest BCUT2D eigenvalue weighted by Crippen LogP contribution is -1.96. The van der Waals surface area contributed by atoms with Crippen LogP contribution in [0.1, 0.15) is 11.5 Å². The molecule has 0 radical (unpaired) electrons. The second kappa shape index (κ2) is 4.50. The van der Waals surface area contributed by atoms with Crippen LogP contribution in [-0.2, 0) is 0 Å². The van der Waals surface area contributed by atoms with Crippen molar-refractivity contribution in [2.75, 3.05) is 0 Å². The quantitative estimate of drug-likeness (QED) is 0.509. The van der Waals surface area contributed by atoms with E-state index in [1.165, 1.54) is 12.1 Å². The Morgan fingerprint density at radius 2 is 2.24 bits per heavy atom. The van der Waals surface area contributed by atoms with Crippen molar-refractivity contribution in [3.63, 3.8) is 0 Å². The minimum Gasteiger partial charge on any atom is -0.421 e. The van der Waals surface area contributed by atoms with Crippen LogP contribution in [0.4, 0.5) is 4.39 Å². The molecule has 2 rings (SSSR count). The van der Waals surface area contributed by atoms with E-state index >= 15 is 0 Å². The first-order valence-corrected chi connectivity index (χ1v) is 4.97. The van der Waals surface area contributed by atoms with Crippen LogP contribution in [0, 0.1) is 12.7 Å². The van der Waals surface area contributed by atoms with Gasteiger partial charge in [0.2, 0.25) is 11.8 Å². The molecule has 0 aliphatic rings. The van der Waals surface area contributed by atoms with Crippen molar-refractivity contribution >= 4 is 16.8 Å². The van der Waals surface area contributed by atoms with Gasteiger partial charge in [-0.05, 0) is 18.2 Å². The fraction of sp³-hybridized carbons (Fsp3) is 0.100. The van der Waals surface area contributed by atoms with Gasteiger partial charge < -0.3 is 9.62 Å². The SMILES string of the molecule is Cc1nnc(-c2ccc(/C(Cl)=N/O)c(F)c2)o1. The number of oxime groups is 1. The predicted molar refractivity (Wildman–Crippen MR) is 58.6 cm³/mol. The lowest BCUT2D eigenvalue weighted by molar-refractivity contribution is 0.320. The number of aryl methyl sites for hydroxylation is 1. The molecule has 1 N–H and O–H groups in total. The molecule has 0 saturated heterocycles. The summed E-state index contributed by atoms with van der Waals surface area (Å²) in [6, 6.07) is 4.08. The molecule has 7 heteroatoms. The van der Waals surface area contributed by atoms with E-state index in [2.05, 4.69) is 15.4 Å². The highest BCUT2D eigenvalue weighted by Gasteiger charge is 2.12. The zero-order chi connectivity index (χ0) is 12.4. The average Bonchev–Trinajstić information content (AvgIpc) is 2.75. The molecular weight excluding hydrogens is 249 g/mol. The fourth-order valence-corrected chi connectivity index (χ4v) is 1.44. The molecule has 88 valence electrons. The zero-order valence-electron chi connectivity index (χ0n) is 8.69. The van der Waals surface area contributed by atoms with E-state index in [0.717, 1.165) is 0 Å². The van der Waals surface area contributed by atoms with E-state index in [9.17, 15) is 4.39 Å². The van der Waals surface area contributed by atoms with Gasteiger partial charge in [-0.2, -0.15) is 0 Å². The van der Waals surface area contributed by atoms with E-state index in [0.29, 0.717) is 11.5 Å². The summed E-state index contributed by atoms with van der Waals surface area (Å²) in [6.45, 7) is 1.64. The van der Waals surface area contributed by atoms with Crippen molar-refractivity contribution in [1.82, 2.24) is 10.2 Å². The third-order valence-corrected chi connectivity index (χ3v) is 2.33. The van der Waals surface area contributed by atoms with Crippen molar-refractivity contribution in [3.8, 4) is 11.5 Å². The van der Waals surface area contributed by atoms with Crippen molar-refractivity contribution in [1.29, 1.82) is 0 Å². The Bertz CT molecular complexity index is 583. The van der Waals surface area contributed by atoms with E-state index in [4.69, 9.17) is 21.2 Å². The molecule has 1 aromatic heterocycles. The maximum absolute atomic E-state index is 13.6. The van der Waals surface area contributed by atoms with Crippen LogP contribution in [0.2, 0.25) is 0 Å². The first-order valence-electron chi connectivity index (χ1n) is 4.60. The van der Waals surface area contributed by atoms with E-state index in [1.54, 1.807) is 13.0 Å². The largest absolute Gasteiger partial charge is 0.421 e. The van der Waals surface area contributed by atoms with Crippen molar-refractivity contribution in [2.24, 2.45) is 5.16 Å². The first-order chi connectivity index (χ1) is 8.11. The summed E-state index contributed by atoms with van der Waals surface area (Å²) in [4.78, 5) is 0. The Morgan fingerprint density at radius 3 is 2.76 bits per heavy atom. The first kappa shape index (κ1) is 11.5. The molecule has 0 spiro atoms. The average molecular weight is 256 g/mol. The molecule has 0 amide bonds. The van der Waals surface area contributed by atoms with Crippen molar-refractivity contribution < 1.29 is 14.0 Å². The molecule has 0 fully saturated rings. The number of halogens is 2. The number of rotatable bonds is 2. The Balaban J connectivity index is 2.44. The van der Waals surface area contributed by atoms with Crippen LogP contribution in [-0.4, -0.2) is 20.6 Å². The molecule has 0 aliphatic heterocycles. The molecule has 0 bridgehead atoms. The third-order valence-electron chi connectivity index (χ3n) is 2.05.